The molecule has 0 fully saturated rings. The SMILES string of the molecule is CN(C)C(=O)c1cc(Oc2ccc3c(c2)nc(Nc2ccc(F)cc2F)n3C)ccn1. The zero-order chi connectivity index (χ0) is 22.1. The number of pyridine rings is 1. The van der Waals surface area contributed by atoms with E-state index in [0.717, 1.165) is 11.6 Å². The largest absolute Gasteiger partial charge is 0.457 e. The molecular formula is C22H19F2N5O2. The van der Waals surface area contributed by atoms with E-state index in [1.165, 1.54) is 23.2 Å². The van der Waals surface area contributed by atoms with Gasteiger partial charge < -0.3 is 19.5 Å². The van der Waals surface area contributed by atoms with E-state index in [-0.39, 0.29) is 17.3 Å². The third kappa shape index (κ3) is 4.16. The Balaban J connectivity index is 1.60. The molecule has 0 aliphatic carbocycles. The maximum atomic E-state index is 14.0. The van der Waals surface area contributed by atoms with Crippen LogP contribution >= 0.6 is 0 Å². The normalized spacial score (nSPS) is 10.9. The quantitative estimate of drug-likeness (QED) is 0.512. The maximum Gasteiger partial charge on any atom is 0.272 e. The Hall–Kier alpha value is -4.01. The number of aryl methyl sites for hydroxylation is 1. The maximum absolute atomic E-state index is 14.0. The number of anilines is 2. The highest BCUT2D eigenvalue weighted by atomic mass is 19.1. The molecule has 0 aliphatic heterocycles. The van der Waals surface area contributed by atoms with Crippen molar-refractivity contribution < 1.29 is 18.3 Å². The van der Waals surface area contributed by atoms with Crippen LogP contribution < -0.4 is 10.1 Å². The van der Waals surface area contributed by atoms with Crippen LogP contribution in [-0.2, 0) is 7.05 Å². The lowest BCUT2D eigenvalue weighted by Crippen LogP contribution is -2.22. The summed E-state index contributed by atoms with van der Waals surface area (Å²) >= 11 is 0. The first-order valence-corrected chi connectivity index (χ1v) is 9.36. The van der Waals surface area contributed by atoms with Crippen LogP contribution in [0.15, 0.2) is 54.7 Å². The molecule has 1 N–H and O–H groups in total. The first kappa shape index (κ1) is 20.3. The molecule has 0 radical (unpaired) electrons. The minimum absolute atomic E-state index is 0.117. The Morgan fingerprint density at radius 2 is 1.84 bits per heavy atom. The molecular weight excluding hydrogens is 404 g/mol. The number of amides is 1. The lowest BCUT2D eigenvalue weighted by molar-refractivity contribution is 0.0821. The Bertz CT molecular complexity index is 1290. The van der Waals surface area contributed by atoms with E-state index < -0.39 is 11.6 Å². The fourth-order valence-corrected chi connectivity index (χ4v) is 3.02. The number of nitrogens with one attached hydrogen (secondary N) is 1. The zero-order valence-corrected chi connectivity index (χ0v) is 17.1. The van der Waals surface area contributed by atoms with Crippen LogP contribution in [-0.4, -0.2) is 39.4 Å². The second kappa shape index (κ2) is 8.02. The summed E-state index contributed by atoms with van der Waals surface area (Å²) in [6, 6.07) is 11.8. The van der Waals surface area contributed by atoms with Crippen LogP contribution in [0.3, 0.4) is 0 Å². The molecule has 0 saturated carbocycles. The third-order valence-corrected chi connectivity index (χ3v) is 4.62. The topological polar surface area (TPSA) is 72.3 Å². The van der Waals surface area contributed by atoms with E-state index in [4.69, 9.17) is 4.74 Å². The van der Waals surface area contributed by atoms with Crippen molar-refractivity contribution in [2.75, 3.05) is 19.4 Å². The van der Waals surface area contributed by atoms with Crippen LogP contribution in [0.4, 0.5) is 20.4 Å². The Kier molecular flexibility index (Phi) is 5.24. The highest BCUT2D eigenvalue weighted by molar-refractivity contribution is 5.92. The molecule has 0 unspecified atom stereocenters. The van der Waals surface area contributed by atoms with Crippen molar-refractivity contribution in [1.29, 1.82) is 0 Å². The number of imidazole rings is 1. The van der Waals surface area contributed by atoms with E-state index in [1.54, 1.807) is 50.0 Å². The number of nitrogens with zero attached hydrogens (tertiary/aromatic N) is 4. The van der Waals surface area contributed by atoms with Crippen molar-refractivity contribution in [3.8, 4) is 11.5 Å². The van der Waals surface area contributed by atoms with E-state index in [1.807, 2.05) is 6.07 Å². The first-order valence-electron chi connectivity index (χ1n) is 9.36. The number of aromatic nitrogens is 3. The molecule has 1 amide bonds. The van der Waals surface area contributed by atoms with Gasteiger partial charge in [0.1, 0.15) is 28.8 Å². The van der Waals surface area contributed by atoms with Gasteiger partial charge in [0.25, 0.3) is 5.91 Å². The van der Waals surface area contributed by atoms with Crippen molar-refractivity contribution in [2.24, 2.45) is 7.05 Å². The predicted molar refractivity (Wildman–Crippen MR) is 113 cm³/mol. The van der Waals surface area contributed by atoms with Crippen molar-refractivity contribution >= 4 is 28.6 Å². The van der Waals surface area contributed by atoms with Crippen LogP contribution in [0, 0.1) is 11.6 Å². The summed E-state index contributed by atoms with van der Waals surface area (Å²) in [6.45, 7) is 0. The van der Waals surface area contributed by atoms with Crippen LogP contribution in [0.1, 0.15) is 10.5 Å². The molecule has 2 aromatic heterocycles. The molecule has 158 valence electrons. The van der Waals surface area contributed by atoms with E-state index in [2.05, 4.69) is 15.3 Å². The summed E-state index contributed by atoms with van der Waals surface area (Å²) < 4.78 is 34.7. The summed E-state index contributed by atoms with van der Waals surface area (Å²) in [6.07, 6.45) is 1.50. The molecule has 4 aromatic rings. The molecule has 0 bridgehead atoms. The number of carbonyl (C=O) groups is 1. The second-order valence-corrected chi connectivity index (χ2v) is 7.07. The summed E-state index contributed by atoms with van der Waals surface area (Å²) in [4.78, 5) is 22.1. The van der Waals surface area contributed by atoms with Crippen molar-refractivity contribution in [1.82, 2.24) is 19.4 Å². The van der Waals surface area contributed by atoms with Crippen LogP contribution in [0.5, 0.6) is 11.5 Å². The molecule has 0 saturated heterocycles. The Morgan fingerprint density at radius 1 is 1.06 bits per heavy atom. The molecule has 0 aliphatic rings. The number of hydrogen-bond acceptors (Lipinski definition) is 5. The standard InChI is InChI=1S/C22H19F2N5O2/c1-28(2)21(30)19-12-15(8-9-25-19)31-14-5-7-20-18(11-14)27-22(29(20)3)26-17-6-4-13(23)10-16(17)24/h4-12H,1-3H3,(H,26,27). The van der Waals surface area contributed by atoms with Gasteiger partial charge in [-0.1, -0.05) is 0 Å². The number of halogens is 2. The Morgan fingerprint density at radius 3 is 2.58 bits per heavy atom. The lowest BCUT2D eigenvalue weighted by Gasteiger charge is -2.11. The molecule has 0 spiro atoms. The van der Waals surface area contributed by atoms with Gasteiger partial charge in [-0.3, -0.25) is 9.78 Å². The van der Waals surface area contributed by atoms with Crippen molar-refractivity contribution in [2.45, 2.75) is 0 Å². The van der Waals surface area contributed by atoms with E-state index >= 15 is 0 Å². The van der Waals surface area contributed by atoms with Gasteiger partial charge in [-0.2, -0.15) is 0 Å². The summed E-state index contributed by atoms with van der Waals surface area (Å²) in [5.41, 5.74) is 1.79. The lowest BCUT2D eigenvalue weighted by atomic mass is 10.3. The van der Waals surface area contributed by atoms with Gasteiger partial charge in [-0.25, -0.2) is 13.8 Å². The average Bonchev–Trinajstić information content (AvgIpc) is 3.04. The molecule has 31 heavy (non-hydrogen) atoms. The van der Waals surface area contributed by atoms with E-state index in [9.17, 15) is 13.6 Å². The zero-order valence-electron chi connectivity index (χ0n) is 17.1. The second-order valence-electron chi connectivity index (χ2n) is 7.07. The van der Waals surface area contributed by atoms with Crippen molar-refractivity contribution in [3.63, 3.8) is 0 Å². The number of fused-ring (bicyclic) bond motifs is 1. The minimum Gasteiger partial charge on any atom is -0.457 e. The van der Waals surface area contributed by atoms with Crippen LogP contribution in [0.25, 0.3) is 11.0 Å². The molecule has 4 rings (SSSR count). The summed E-state index contributed by atoms with van der Waals surface area (Å²) in [5, 5.41) is 2.88. The third-order valence-electron chi connectivity index (χ3n) is 4.62. The predicted octanol–water partition coefficient (Wildman–Crippen LogP) is 4.48. The van der Waals surface area contributed by atoms with Gasteiger partial charge >= 0.3 is 0 Å². The highest BCUT2D eigenvalue weighted by Gasteiger charge is 2.13. The van der Waals surface area contributed by atoms with E-state index in [0.29, 0.717) is 23.0 Å². The fourth-order valence-electron chi connectivity index (χ4n) is 3.02. The molecule has 0 atom stereocenters. The molecule has 9 heteroatoms. The average molecular weight is 423 g/mol. The fraction of sp³-hybridized carbons (Fsp3) is 0.136. The number of hydrogen-bond donors (Lipinski definition) is 1. The summed E-state index contributed by atoms with van der Waals surface area (Å²) in [7, 11) is 5.08. The van der Waals surface area contributed by atoms with Gasteiger partial charge in [0.05, 0.1) is 16.7 Å². The minimum atomic E-state index is -0.711. The van der Waals surface area contributed by atoms with Gasteiger partial charge in [-0.05, 0) is 30.3 Å². The monoisotopic (exact) mass is 423 g/mol. The van der Waals surface area contributed by atoms with Crippen LogP contribution in [0.2, 0.25) is 0 Å². The number of ether oxygens (including phenoxy) is 1. The van der Waals surface area contributed by atoms with Crippen molar-refractivity contribution in [3.05, 3.63) is 72.1 Å². The van der Waals surface area contributed by atoms with Gasteiger partial charge in [0.2, 0.25) is 5.95 Å². The highest BCUT2D eigenvalue weighted by Crippen LogP contribution is 2.29. The molecule has 7 nitrogen and oxygen atoms in total. The van der Waals surface area contributed by atoms with Gasteiger partial charge in [0, 0.05) is 45.5 Å². The number of benzene rings is 2. The molecule has 2 heterocycles. The van der Waals surface area contributed by atoms with Gasteiger partial charge in [-0.15, -0.1) is 0 Å². The number of rotatable bonds is 5. The number of carbonyl (C=O) groups excluding carboxylic acids is 1. The smallest absolute Gasteiger partial charge is 0.272 e. The first-order chi connectivity index (χ1) is 14.8. The molecule has 2 aromatic carbocycles. The Labute approximate surface area is 176 Å². The van der Waals surface area contributed by atoms with Gasteiger partial charge in [0.15, 0.2) is 0 Å². The summed E-state index contributed by atoms with van der Waals surface area (Å²) in [5.74, 6) is -0.227.